The Morgan fingerprint density at radius 2 is 1.64 bits per heavy atom. The van der Waals surface area contributed by atoms with E-state index in [1.54, 1.807) is 25.8 Å². The second-order valence-electron chi connectivity index (χ2n) is 5.41. The zero-order chi connectivity index (χ0) is 17.0. The number of rotatable bonds is 6. The maximum Gasteiger partial charge on any atom is 0.270 e. The zero-order valence-electron chi connectivity index (χ0n) is 14.2. The molecule has 1 aromatic heterocycles. The Bertz CT molecular complexity index is 586. The molecule has 122 valence electrons. The Kier molecular flexibility index (Phi) is 5.91. The molecular formula is C16H25N3O3. The second-order valence-corrected chi connectivity index (χ2v) is 5.41. The largest absolute Gasteiger partial charge is 0.354 e. The molecule has 0 aliphatic heterocycles. The number of Topliss-reactive ketones (excluding diaryl/α,β-unsaturated/α-hetero) is 1. The summed E-state index contributed by atoms with van der Waals surface area (Å²) in [4.78, 5) is 42.2. The van der Waals surface area contributed by atoms with Crippen LogP contribution in [0, 0.1) is 13.8 Å². The van der Waals surface area contributed by atoms with Crippen LogP contribution in [0.15, 0.2) is 0 Å². The van der Waals surface area contributed by atoms with E-state index in [0.717, 1.165) is 0 Å². The van der Waals surface area contributed by atoms with Crippen LogP contribution < -0.4 is 0 Å². The van der Waals surface area contributed by atoms with Gasteiger partial charge in [-0.2, -0.15) is 0 Å². The highest BCUT2D eigenvalue weighted by molar-refractivity contribution is 6.03. The first-order valence-electron chi connectivity index (χ1n) is 7.47. The molecule has 0 aliphatic carbocycles. The van der Waals surface area contributed by atoms with Crippen LogP contribution in [0.25, 0.3) is 0 Å². The van der Waals surface area contributed by atoms with Crippen molar-refractivity contribution in [2.75, 3.05) is 26.7 Å². The van der Waals surface area contributed by atoms with Crippen molar-refractivity contribution < 1.29 is 14.4 Å². The van der Waals surface area contributed by atoms with E-state index in [4.69, 9.17) is 0 Å². The summed E-state index contributed by atoms with van der Waals surface area (Å²) in [6.07, 6.45) is 0. The molecule has 0 saturated heterocycles. The quantitative estimate of drug-likeness (QED) is 0.814. The topological polar surface area (TPSA) is 73.5 Å². The molecule has 0 radical (unpaired) electrons. The fraction of sp³-hybridized carbons (Fsp3) is 0.562. The number of carbonyl (C=O) groups is 3. The van der Waals surface area contributed by atoms with E-state index in [9.17, 15) is 14.4 Å². The van der Waals surface area contributed by atoms with E-state index in [1.807, 2.05) is 13.8 Å². The normalized spacial score (nSPS) is 10.5. The number of amides is 2. The maximum atomic E-state index is 12.5. The molecule has 2 amide bonds. The summed E-state index contributed by atoms with van der Waals surface area (Å²) in [5.74, 6) is -0.450. The first-order chi connectivity index (χ1) is 10.2. The number of hydrogen-bond donors (Lipinski definition) is 1. The molecule has 0 bridgehead atoms. The van der Waals surface area contributed by atoms with Crippen molar-refractivity contribution in [3.05, 3.63) is 22.5 Å². The van der Waals surface area contributed by atoms with E-state index < -0.39 is 0 Å². The smallest absolute Gasteiger partial charge is 0.270 e. The summed E-state index contributed by atoms with van der Waals surface area (Å²) in [6.45, 7) is 10.0. The summed E-state index contributed by atoms with van der Waals surface area (Å²) < 4.78 is 0. The van der Waals surface area contributed by atoms with E-state index in [2.05, 4.69) is 4.98 Å². The molecule has 0 spiro atoms. The monoisotopic (exact) mass is 307 g/mol. The highest BCUT2D eigenvalue weighted by Crippen LogP contribution is 2.19. The van der Waals surface area contributed by atoms with Gasteiger partial charge in [-0.05, 0) is 40.2 Å². The van der Waals surface area contributed by atoms with Crippen LogP contribution >= 0.6 is 0 Å². The Morgan fingerprint density at radius 1 is 1.09 bits per heavy atom. The number of hydrogen-bond acceptors (Lipinski definition) is 3. The van der Waals surface area contributed by atoms with Crippen LogP contribution in [0.3, 0.4) is 0 Å². The Morgan fingerprint density at radius 3 is 2.05 bits per heavy atom. The van der Waals surface area contributed by atoms with Crippen molar-refractivity contribution in [2.24, 2.45) is 0 Å². The third-order valence-electron chi connectivity index (χ3n) is 3.84. The van der Waals surface area contributed by atoms with Gasteiger partial charge in [-0.25, -0.2) is 0 Å². The molecule has 0 atom stereocenters. The van der Waals surface area contributed by atoms with Gasteiger partial charge in [-0.1, -0.05) is 0 Å². The highest BCUT2D eigenvalue weighted by Gasteiger charge is 2.24. The van der Waals surface area contributed by atoms with Gasteiger partial charge in [0.15, 0.2) is 5.78 Å². The van der Waals surface area contributed by atoms with Gasteiger partial charge in [0.05, 0.1) is 6.54 Å². The molecule has 0 aromatic carbocycles. The number of nitrogens with one attached hydrogen (secondary N) is 1. The molecule has 1 heterocycles. The lowest BCUT2D eigenvalue weighted by atomic mass is 10.1. The van der Waals surface area contributed by atoms with Gasteiger partial charge in [0.1, 0.15) is 5.69 Å². The molecule has 0 unspecified atom stereocenters. The van der Waals surface area contributed by atoms with Crippen molar-refractivity contribution in [3.63, 3.8) is 0 Å². The van der Waals surface area contributed by atoms with Crippen molar-refractivity contribution in [2.45, 2.75) is 34.6 Å². The van der Waals surface area contributed by atoms with Crippen LogP contribution in [0.4, 0.5) is 0 Å². The summed E-state index contributed by atoms with van der Waals surface area (Å²) in [5.41, 5.74) is 2.23. The highest BCUT2D eigenvalue weighted by atomic mass is 16.2. The molecule has 1 aromatic rings. The lowest BCUT2D eigenvalue weighted by molar-refractivity contribution is -0.131. The van der Waals surface area contributed by atoms with Gasteiger partial charge in [-0.15, -0.1) is 0 Å². The SMILES string of the molecule is CCN(CC)C(=O)CN(C)C(=O)c1[nH]c(C)c(C(C)=O)c1C. The first-order valence-corrected chi connectivity index (χ1v) is 7.47. The standard InChI is InChI=1S/C16H25N3O3/c1-7-19(8-2)13(21)9-18(6)16(22)15-10(3)14(12(5)20)11(4)17-15/h17H,7-9H2,1-6H3. The minimum atomic E-state index is -0.284. The molecule has 0 aliphatic rings. The van der Waals surface area contributed by atoms with Gasteiger partial charge in [0, 0.05) is 31.4 Å². The lowest BCUT2D eigenvalue weighted by Crippen LogP contribution is -2.41. The molecule has 22 heavy (non-hydrogen) atoms. The Hall–Kier alpha value is -2.11. The van der Waals surface area contributed by atoms with Crippen molar-refractivity contribution in [1.82, 2.24) is 14.8 Å². The third kappa shape index (κ3) is 3.55. The summed E-state index contributed by atoms with van der Waals surface area (Å²) in [6, 6.07) is 0. The fourth-order valence-corrected chi connectivity index (χ4v) is 2.63. The predicted octanol–water partition coefficient (Wildman–Crippen LogP) is 1.77. The van der Waals surface area contributed by atoms with Gasteiger partial charge in [-0.3, -0.25) is 14.4 Å². The number of aromatic amines is 1. The minimum absolute atomic E-state index is 0.0213. The van der Waals surface area contributed by atoms with Crippen molar-refractivity contribution >= 4 is 17.6 Å². The summed E-state index contributed by atoms with van der Waals surface area (Å²) in [5, 5.41) is 0. The molecule has 1 rings (SSSR count). The third-order valence-corrected chi connectivity index (χ3v) is 3.84. The molecular weight excluding hydrogens is 282 g/mol. The van der Waals surface area contributed by atoms with Crippen LogP contribution in [0.5, 0.6) is 0 Å². The number of likely N-dealkylation sites (N-methyl/N-ethyl adjacent to an activating group) is 2. The molecule has 0 saturated carbocycles. The van der Waals surface area contributed by atoms with Crippen molar-refractivity contribution in [3.8, 4) is 0 Å². The number of nitrogens with zero attached hydrogens (tertiary/aromatic N) is 2. The second kappa shape index (κ2) is 7.24. The van der Waals surface area contributed by atoms with E-state index in [1.165, 1.54) is 11.8 Å². The Balaban J connectivity index is 2.95. The van der Waals surface area contributed by atoms with Crippen molar-refractivity contribution in [1.29, 1.82) is 0 Å². The summed E-state index contributed by atoms with van der Waals surface area (Å²) in [7, 11) is 1.59. The van der Waals surface area contributed by atoms with Crippen LogP contribution in [-0.2, 0) is 4.79 Å². The maximum absolute atomic E-state index is 12.5. The summed E-state index contributed by atoms with van der Waals surface area (Å²) >= 11 is 0. The first kappa shape index (κ1) is 17.9. The van der Waals surface area contributed by atoms with Gasteiger partial charge in [0.2, 0.25) is 5.91 Å². The predicted molar refractivity (Wildman–Crippen MR) is 85.2 cm³/mol. The van der Waals surface area contributed by atoms with E-state index in [-0.39, 0.29) is 24.1 Å². The van der Waals surface area contributed by atoms with Gasteiger partial charge < -0.3 is 14.8 Å². The average Bonchev–Trinajstić information content (AvgIpc) is 2.74. The van der Waals surface area contributed by atoms with Crippen LogP contribution in [0.1, 0.15) is 52.9 Å². The number of aryl methyl sites for hydroxylation is 1. The minimum Gasteiger partial charge on any atom is -0.354 e. The number of aromatic nitrogens is 1. The molecule has 1 N–H and O–H groups in total. The zero-order valence-corrected chi connectivity index (χ0v) is 14.2. The lowest BCUT2D eigenvalue weighted by Gasteiger charge is -2.23. The number of H-pyrrole nitrogens is 1. The number of ketones is 1. The Labute approximate surface area is 131 Å². The number of carbonyl (C=O) groups excluding carboxylic acids is 3. The van der Waals surface area contributed by atoms with Gasteiger partial charge >= 0.3 is 0 Å². The van der Waals surface area contributed by atoms with Crippen LogP contribution in [0.2, 0.25) is 0 Å². The molecule has 6 nitrogen and oxygen atoms in total. The molecule has 6 heteroatoms. The van der Waals surface area contributed by atoms with Gasteiger partial charge in [0.25, 0.3) is 5.91 Å². The van der Waals surface area contributed by atoms with Crippen LogP contribution in [-0.4, -0.2) is 59.1 Å². The fourth-order valence-electron chi connectivity index (χ4n) is 2.63. The average molecular weight is 307 g/mol. The van der Waals surface area contributed by atoms with E-state index in [0.29, 0.717) is 35.6 Å². The molecule has 0 fully saturated rings. The van der Waals surface area contributed by atoms with E-state index >= 15 is 0 Å².